The summed E-state index contributed by atoms with van der Waals surface area (Å²) in [6.45, 7) is 10.9. The molecule has 0 aromatic heterocycles. The highest BCUT2D eigenvalue weighted by Crippen LogP contribution is 2.29. The van der Waals surface area contributed by atoms with Crippen LogP contribution in [0.4, 0.5) is 0 Å². The second-order valence-corrected chi connectivity index (χ2v) is 7.36. The van der Waals surface area contributed by atoms with Crippen molar-refractivity contribution in [3.05, 3.63) is 28.8 Å². The van der Waals surface area contributed by atoms with Gasteiger partial charge in [-0.25, -0.2) is 0 Å². The van der Waals surface area contributed by atoms with Gasteiger partial charge in [0.25, 0.3) is 0 Å². The van der Waals surface area contributed by atoms with E-state index in [1.54, 1.807) is 0 Å². The van der Waals surface area contributed by atoms with Crippen LogP contribution in [-0.4, -0.2) is 12.3 Å². The molecule has 0 saturated heterocycles. The Labute approximate surface area is 127 Å². The quantitative estimate of drug-likeness (QED) is 0.660. The molecule has 108 valence electrons. The van der Waals surface area contributed by atoms with Crippen molar-refractivity contribution in [2.24, 2.45) is 11.8 Å². The average molecular weight is 300 g/mol. The molecule has 0 unspecified atom stereocenters. The number of halogens is 1. The highest BCUT2D eigenvalue weighted by Gasteiger charge is 2.04. The molecule has 1 rings (SSSR count). The van der Waals surface area contributed by atoms with E-state index in [0.29, 0.717) is 5.92 Å². The van der Waals surface area contributed by atoms with Crippen LogP contribution in [0.1, 0.15) is 39.7 Å². The molecule has 19 heavy (non-hydrogen) atoms. The minimum atomic E-state index is 0.682. The van der Waals surface area contributed by atoms with Crippen LogP contribution in [0.3, 0.4) is 0 Å². The Kier molecular flexibility index (Phi) is 7.89. The molecule has 1 N–H and O–H groups in total. The van der Waals surface area contributed by atoms with E-state index in [9.17, 15) is 0 Å². The van der Waals surface area contributed by atoms with Gasteiger partial charge >= 0.3 is 0 Å². The molecule has 0 amide bonds. The molecule has 0 spiro atoms. The Morgan fingerprint density at radius 1 is 1.16 bits per heavy atom. The lowest BCUT2D eigenvalue weighted by atomic mass is 10.2. The van der Waals surface area contributed by atoms with Crippen molar-refractivity contribution in [2.75, 3.05) is 12.3 Å². The topological polar surface area (TPSA) is 12.0 Å². The van der Waals surface area contributed by atoms with Crippen LogP contribution >= 0.6 is 23.4 Å². The summed E-state index contributed by atoms with van der Waals surface area (Å²) >= 11 is 8.20. The summed E-state index contributed by atoms with van der Waals surface area (Å²) in [7, 11) is 0. The number of benzene rings is 1. The summed E-state index contributed by atoms with van der Waals surface area (Å²) in [4.78, 5) is 1.20. The van der Waals surface area contributed by atoms with Crippen molar-refractivity contribution in [1.82, 2.24) is 5.32 Å². The van der Waals surface area contributed by atoms with Crippen LogP contribution in [0.2, 0.25) is 5.02 Å². The van der Waals surface area contributed by atoms with Gasteiger partial charge in [0.1, 0.15) is 0 Å². The van der Waals surface area contributed by atoms with Gasteiger partial charge in [-0.15, -0.1) is 11.8 Å². The lowest BCUT2D eigenvalue weighted by molar-refractivity contribution is 0.552. The van der Waals surface area contributed by atoms with Crippen molar-refractivity contribution in [3.63, 3.8) is 0 Å². The molecule has 0 radical (unpaired) electrons. The van der Waals surface area contributed by atoms with Gasteiger partial charge in [0, 0.05) is 11.4 Å². The molecule has 1 aromatic carbocycles. The summed E-state index contributed by atoms with van der Waals surface area (Å²) < 4.78 is 0. The number of hydrogen-bond donors (Lipinski definition) is 1. The summed E-state index contributed by atoms with van der Waals surface area (Å²) in [6, 6.07) is 6.42. The number of thioether (sulfide) groups is 1. The zero-order chi connectivity index (χ0) is 14.3. The van der Waals surface area contributed by atoms with Gasteiger partial charge in [0.2, 0.25) is 0 Å². The lowest BCUT2D eigenvalue weighted by Crippen LogP contribution is -2.18. The molecule has 1 aromatic rings. The van der Waals surface area contributed by atoms with Crippen molar-refractivity contribution < 1.29 is 0 Å². The standard InChI is InChI=1S/C16H26ClNS/c1-12(2)7-8-19-16-6-5-14(9-15(16)17)11-18-10-13(3)4/h5-6,9,12-13,18H,7-8,10-11H2,1-4H3. The average Bonchev–Trinajstić information content (AvgIpc) is 2.31. The van der Waals surface area contributed by atoms with Crippen LogP contribution < -0.4 is 5.32 Å². The van der Waals surface area contributed by atoms with E-state index in [1.807, 2.05) is 11.8 Å². The van der Waals surface area contributed by atoms with Crippen LogP contribution in [0, 0.1) is 11.8 Å². The van der Waals surface area contributed by atoms with Crippen LogP contribution in [0.5, 0.6) is 0 Å². The molecule has 0 bridgehead atoms. The summed E-state index contributed by atoms with van der Waals surface area (Å²) in [5.74, 6) is 2.58. The van der Waals surface area contributed by atoms with Gasteiger partial charge in [0.15, 0.2) is 0 Å². The van der Waals surface area contributed by atoms with Gasteiger partial charge in [-0.3, -0.25) is 0 Å². The zero-order valence-electron chi connectivity index (χ0n) is 12.5. The zero-order valence-corrected chi connectivity index (χ0v) is 14.1. The first kappa shape index (κ1) is 16.9. The Bertz CT molecular complexity index is 377. The SMILES string of the molecule is CC(C)CCSc1ccc(CNCC(C)C)cc1Cl. The van der Waals surface area contributed by atoms with Crippen molar-refractivity contribution in [2.45, 2.75) is 45.6 Å². The first-order valence-electron chi connectivity index (χ1n) is 7.11. The molecule has 0 saturated carbocycles. The predicted molar refractivity (Wildman–Crippen MR) is 88.2 cm³/mol. The molecule has 0 atom stereocenters. The maximum Gasteiger partial charge on any atom is 0.0545 e. The van der Waals surface area contributed by atoms with Crippen molar-refractivity contribution in [3.8, 4) is 0 Å². The minimum Gasteiger partial charge on any atom is -0.312 e. The first-order chi connectivity index (χ1) is 8.99. The fourth-order valence-electron chi connectivity index (χ4n) is 1.68. The summed E-state index contributed by atoms with van der Waals surface area (Å²) in [5, 5.41) is 4.33. The molecule has 0 aliphatic rings. The van der Waals surface area contributed by atoms with Gasteiger partial charge in [-0.2, -0.15) is 0 Å². The van der Waals surface area contributed by atoms with E-state index in [4.69, 9.17) is 11.6 Å². The monoisotopic (exact) mass is 299 g/mol. The van der Waals surface area contributed by atoms with Gasteiger partial charge in [-0.05, 0) is 48.3 Å². The van der Waals surface area contributed by atoms with Crippen LogP contribution in [0.15, 0.2) is 23.1 Å². The van der Waals surface area contributed by atoms with Gasteiger partial charge in [0.05, 0.1) is 5.02 Å². The molecule has 0 heterocycles. The Balaban J connectivity index is 2.45. The third kappa shape index (κ3) is 7.24. The first-order valence-corrected chi connectivity index (χ1v) is 8.47. The van der Waals surface area contributed by atoms with Crippen molar-refractivity contribution in [1.29, 1.82) is 0 Å². The van der Waals surface area contributed by atoms with Crippen molar-refractivity contribution >= 4 is 23.4 Å². The Morgan fingerprint density at radius 3 is 2.47 bits per heavy atom. The van der Waals surface area contributed by atoms with E-state index < -0.39 is 0 Å². The molecule has 3 heteroatoms. The van der Waals surface area contributed by atoms with E-state index in [-0.39, 0.29) is 0 Å². The summed E-state index contributed by atoms with van der Waals surface area (Å²) in [5.41, 5.74) is 1.26. The lowest BCUT2D eigenvalue weighted by Gasteiger charge is -2.10. The molecule has 0 aliphatic heterocycles. The second kappa shape index (κ2) is 8.89. The predicted octanol–water partition coefficient (Wildman–Crippen LogP) is 5.22. The maximum atomic E-state index is 6.34. The largest absolute Gasteiger partial charge is 0.312 e. The number of hydrogen-bond acceptors (Lipinski definition) is 2. The van der Waals surface area contributed by atoms with Crippen LogP contribution in [-0.2, 0) is 6.54 Å². The molecular weight excluding hydrogens is 274 g/mol. The second-order valence-electron chi connectivity index (χ2n) is 5.82. The minimum absolute atomic E-state index is 0.682. The summed E-state index contributed by atoms with van der Waals surface area (Å²) in [6.07, 6.45) is 1.23. The third-order valence-electron chi connectivity index (χ3n) is 2.83. The normalized spacial score (nSPS) is 11.5. The molecule has 0 fully saturated rings. The number of rotatable bonds is 8. The van der Waals surface area contributed by atoms with E-state index in [0.717, 1.165) is 29.8 Å². The Morgan fingerprint density at radius 2 is 1.89 bits per heavy atom. The Hall–Kier alpha value is -0.180. The van der Waals surface area contributed by atoms with Crippen LogP contribution in [0.25, 0.3) is 0 Å². The van der Waals surface area contributed by atoms with E-state index in [2.05, 4.69) is 51.2 Å². The van der Waals surface area contributed by atoms with E-state index in [1.165, 1.54) is 16.9 Å². The van der Waals surface area contributed by atoms with Gasteiger partial charge in [-0.1, -0.05) is 45.4 Å². The molecule has 0 aliphatic carbocycles. The van der Waals surface area contributed by atoms with Gasteiger partial charge < -0.3 is 5.32 Å². The highest BCUT2D eigenvalue weighted by atomic mass is 35.5. The number of nitrogens with one attached hydrogen (secondary N) is 1. The fourth-order valence-corrected chi connectivity index (χ4v) is 3.22. The van der Waals surface area contributed by atoms with E-state index >= 15 is 0 Å². The third-order valence-corrected chi connectivity index (χ3v) is 4.36. The molecular formula is C16H26ClNS. The molecule has 1 nitrogen and oxygen atoms in total. The highest BCUT2D eigenvalue weighted by molar-refractivity contribution is 7.99. The fraction of sp³-hybridized carbons (Fsp3) is 0.625. The smallest absolute Gasteiger partial charge is 0.0545 e. The maximum absolute atomic E-state index is 6.34.